The van der Waals surface area contributed by atoms with Crippen LogP contribution in [0.25, 0.3) is 11.5 Å². The average Bonchev–Trinajstić information content (AvgIpc) is 3.06. The van der Waals surface area contributed by atoms with Crippen molar-refractivity contribution < 1.29 is 17.7 Å². The molecule has 0 saturated heterocycles. The monoisotopic (exact) mass is 374 g/mol. The van der Waals surface area contributed by atoms with Gasteiger partial charge in [0.25, 0.3) is 21.8 Å². The fraction of sp³-hybridized carbons (Fsp3) is 0.471. The fourth-order valence-electron chi connectivity index (χ4n) is 3.82. The number of nitrogens with zero attached hydrogens (tertiary/aromatic N) is 3. The summed E-state index contributed by atoms with van der Waals surface area (Å²) >= 11 is 0. The summed E-state index contributed by atoms with van der Waals surface area (Å²) < 4.78 is 31.8. The molecule has 0 radical (unpaired) electrons. The molecule has 2 heterocycles. The van der Waals surface area contributed by atoms with E-state index in [0.29, 0.717) is 11.4 Å². The Bertz CT molecular complexity index is 1020. The molecule has 1 aromatic heterocycles. The SMILES string of the molecule is NC1(c2noc(-c3ccc4c(c3)S(=O)(=O)N(C3CC3)C4=O)n2)CCCC1. The van der Waals surface area contributed by atoms with Crippen molar-refractivity contribution in [3.63, 3.8) is 0 Å². The van der Waals surface area contributed by atoms with Gasteiger partial charge in [0.2, 0.25) is 0 Å². The van der Waals surface area contributed by atoms with E-state index in [4.69, 9.17) is 10.3 Å². The molecule has 2 N–H and O–H groups in total. The fourth-order valence-corrected chi connectivity index (χ4v) is 5.66. The summed E-state index contributed by atoms with van der Waals surface area (Å²) in [5, 5.41) is 4.01. The van der Waals surface area contributed by atoms with Gasteiger partial charge >= 0.3 is 0 Å². The number of carbonyl (C=O) groups excluding carboxylic acids is 1. The molecule has 3 aliphatic rings. The number of fused-ring (bicyclic) bond motifs is 1. The Morgan fingerprint density at radius 1 is 1.23 bits per heavy atom. The lowest BCUT2D eigenvalue weighted by atomic mass is 9.98. The minimum atomic E-state index is -3.81. The largest absolute Gasteiger partial charge is 0.334 e. The predicted molar refractivity (Wildman–Crippen MR) is 90.4 cm³/mol. The van der Waals surface area contributed by atoms with Gasteiger partial charge in [0.1, 0.15) is 4.90 Å². The van der Waals surface area contributed by atoms with Gasteiger partial charge in [-0.3, -0.25) is 4.79 Å². The maximum absolute atomic E-state index is 12.7. The van der Waals surface area contributed by atoms with E-state index in [1.54, 1.807) is 6.07 Å². The van der Waals surface area contributed by atoms with E-state index in [1.807, 2.05) is 0 Å². The Kier molecular flexibility index (Phi) is 3.15. The molecule has 2 aromatic rings. The predicted octanol–water partition coefficient (Wildman–Crippen LogP) is 1.77. The van der Waals surface area contributed by atoms with Crippen LogP contribution in [-0.2, 0) is 15.6 Å². The lowest BCUT2D eigenvalue weighted by molar-refractivity contribution is 0.0865. The van der Waals surface area contributed by atoms with Crippen molar-refractivity contribution in [2.24, 2.45) is 5.73 Å². The molecule has 8 nitrogen and oxygen atoms in total. The van der Waals surface area contributed by atoms with Crippen molar-refractivity contribution in [3.8, 4) is 11.5 Å². The summed E-state index contributed by atoms with van der Waals surface area (Å²) in [5.41, 5.74) is 6.44. The second kappa shape index (κ2) is 5.14. The van der Waals surface area contributed by atoms with Crippen molar-refractivity contribution in [3.05, 3.63) is 29.6 Å². The van der Waals surface area contributed by atoms with Crippen LogP contribution in [0.2, 0.25) is 0 Å². The van der Waals surface area contributed by atoms with E-state index >= 15 is 0 Å². The number of hydrogen-bond acceptors (Lipinski definition) is 7. The molecule has 0 atom stereocenters. The third-order valence-corrected chi connectivity index (χ3v) is 7.32. The minimum absolute atomic E-state index is 0.00924. The van der Waals surface area contributed by atoms with E-state index < -0.39 is 21.5 Å². The standard InChI is InChI=1S/C17H18N4O4S/c18-17(7-1-2-8-17)16-19-14(25-20-16)10-3-6-12-13(9-10)26(23,24)21(15(12)22)11-4-5-11/h3,6,9,11H,1-2,4-5,7-8,18H2. The quantitative estimate of drug-likeness (QED) is 0.869. The first kappa shape index (κ1) is 16.0. The van der Waals surface area contributed by atoms with Gasteiger partial charge in [-0.1, -0.05) is 18.0 Å². The second-order valence-corrected chi connectivity index (χ2v) is 9.12. The van der Waals surface area contributed by atoms with Crippen molar-refractivity contribution in [2.75, 3.05) is 0 Å². The number of hydrogen-bond donors (Lipinski definition) is 1. The number of aromatic nitrogens is 2. The maximum Gasteiger partial charge on any atom is 0.269 e. The van der Waals surface area contributed by atoms with Gasteiger partial charge in [0.05, 0.1) is 11.1 Å². The molecule has 2 aliphatic carbocycles. The zero-order valence-corrected chi connectivity index (χ0v) is 14.8. The highest BCUT2D eigenvalue weighted by Gasteiger charge is 2.49. The highest BCUT2D eigenvalue weighted by molar-refractivity contribution is 7.90. The van der Waals surface area contributed by atoms with Gasteiger partial charge in [-0.05, 0) is 43.9 Å². The van der Waals surface area contributed by atoms with Crippen LogP contribution >= 0.6 is 0 Å². The molecule has 2 saturated carbocycles. The van der Waals surface area contributed by atoms with Crippen molar-refractivity contribution in [1.29, 1.82) is 0 Å². The summed E-state index contributed by atoms with van der Waals surface area (Å²) in [6, 6.07) is 4.39. The van der Waals surface area contributed by atoms with E-state index in [9.17, 15) is 13.2 Å². The third kappa shape index (κ3) is 2.16. The van der Waals surface area contributed by atoms with Crippen LogP contribution < -0.4 is 5.73 Å². The van der Waals surface area contributed by atoms with Crippen molar-refractivity contribution in [2.45, 2.75) is 55.0 Å². The summed E-state index contributed by atoms with van der Waals surface area (Å²) in [7, 11) is -3.81. The molecule has 136 valence electrons. The first-order chi connectivity index (χ1) is 12.4. The Hall–Kier alpha value is -2.26. The zero-order valence-electron chi connectivity index (χ0n) is 14.0. The number of carbonyl (C=O) groups is 1. The van der Waals surface area contributed by atoms with Crippen molar-refractivity contribution >= 4 is 15.9 Å². The van der Waals surface area contributed by atoms with Crippen LogP contribution in [0.15, 0.2) is 27.6 Å². The average molecular weight is 374 g/mol. The normalized spacial score (nSPS) is 23.4. The molecule has 5 rings (SSSR count). The number of sulfonamides is 1. The van der Waals surface area contributed by atoms with Crippen LogP contribution in [0, 0.1) is 0 Å². The van der Waals surface area contributed by atoms with E-state index in [2.05, 4.69) is 10.1 Å². The van der Waals surface area contributed by atoms with E-state index in [-0.39, 0.29) is 22.4 Å². The van der Waals surface area contributed by atoms with Gasteiger partial charge in [0.15, 0.2) is 5.82 Å². The highest BCUT2D eigenvalue weighted by Crippen LogP contribution is 2.41. The molecule has 26 heavy (non-hydrogen) atoms. The minimum Gasteiger partial charge on any atom is -0.334 e. The van der Waals surface area contributed by atoms with Crippen LogP contribution in [0.4, 0.5) is 0 Å². The number of rotatable bonds is 3. The number of amides is 1. The lowest BCUT2D eigenvalue weighted by Crippen LogP contribution is -2.34. The number of benzene rings is 1. The van der Waals surface area contributed by atoms with Gasteiger partial charge in [-0.25, -0.2) is 12.7 Å². The summed E-state index contributed by atoms with van der Waals surface area (Å²) in [6.07, 6.45) is 5.09. The molecule has 0 bridgehead atoms. The van der Waals surface area contributed by atoms with Gasteiger partial charge in [-0.15, -0.1) is 0 Å². The molecule has 1 aliphatic heterocycles. The van der Waals surface area contributed by atoms with Crippen molar-refractivity contribution in [1.82, 2.24) is 14.4 Å². The Morgan fingerprint density at radius 2 is 1.96 bits per heavy atom. The molecule has 0 spiro atoms. The lowest BCUT2D eigenvalue weighted by Gasteiger charge is -2.17. The Balaban J connectivity index is 1.55. The molecule has 9 heteroatoms. The molecule has 2 fully saturated rings. The highest BCUT2D eigenvalue weighted by atomic mass is 32.2. The maximum atomic E-state index is 12.7. The molecular weight excluding hydrogens is 356 g/mol. The third-order valence-electron chi connectivity index (χ3n) is 5.44. The summed E-state index contributed by atoms with van der Waals surface area (Å²) in [4.78, 5) is 16.8. The first-order valence-corrected chi connectivity index (χ1v) is 10.2. The topological polar surface area (TPSA) is 119 Å². The van der Waals surface area contributed by atoms with E-state index in [0.717, 1.165) is 42.8 Å². The Morgan fingerprint density at radius 3 is 2.65 bits per heavy atom. The smallest absolute Gasteiger partial charge is 0.269 e. The van der Waals surface area contributed by atoms with Gasteiger partial charge < -0.3 is 10.3 Å². The van der Waals surface area contributed by atoms with Gasteiger partial charge in [0, 0.05) is 11.6 Å². The first-order valence-electron chi connectivity index (χ1n) is 8.76. The van der Waals surface area contributed by atoms with E-state index in [1.165, 1.54) is 12.1 Å². The number of nitrogens with two attached hydrogens (primary N) is 1. The molecule has 1 aromatic carbocycles. The van der Waals surface area contributed by atoms with Crippen LogP contribution in [-0.4, -0.2) is 34.8 Å². The zero-order chi connectivity index (χ0) is 18.1. The molecule has 0 unspecified atom stereocenters. The Labute approximate surface area is 150 Å². The summed E-state index contributed by atoms with van der Waals surface area (Å²) in [5.74, 6) is 0.211. The summed E-state index contributed by atoms with van der Waals surface area (Å²) in [6.45, 7) is 0. The van der Waals surface area contributed by atoms with Crippen LogP contribution in [0.1, 0.15) is 54.7 Å². The van der Waals surface area contributed by atoms with Gasteiger partial charge in [-0.2, -0.15) is 4.98 Å². The van der Waals surface area contributed by atoms with Crippen LogP contribution in [0.3, 0.4) is 0 Å². The molecular formula is C17H18N4O4S. The van der Waals surface area contributed by atoms with Crippen LogP contribution in [0.5, 0.6) is 0 Å². The molecule has 1 amide bonds. The second-order valence-electron chi connectivity index (χ2n) is 7.33.